The van der Waals surface area contributed by atoms with E-state index in [-0.39, 0.29) is 0 Å². The van der Waals surface area contributed by atoms with E-state index in [9.17, 15) is 4.79 Å². The van der Waals surface area contributed by atoms with Gasteiger partial charge in [-0.25, -0.2) is 0 Å². The lowest BCUT2D eigenvalue weighted by molar-refractivity contribution is -0.128. The van der Waals surface area contributed by atoms with Crippen molar-refractivity contribution in [3.8, 4) is 11.5 Å². The molecule has 3 heterocycles. The molecule has 0 bridgehead atoms. The number of piperidine rings is 1. The second-order valence-corrected chi connectivity index (χ2v) is 6.84. The van der Waals surface area contributed by atoms with Crippen molar-refractivity contribution >= 4 is 5.91 Å². The van der Waals surface area contributed by atoms with Crippen LogP contribution in [0.5, 0.6) is 11.5 Å². The van der Waals surface area contributed by atoms with Crippen LogP contribution in [0.2, 0.25) is 0 Å². The molecule has 0 radical (unpaired) electrons. The first-order valence-electron chi connectivity index (χ1n) is 8.67. The highest BCUT2D eigenvalue weighted by Gasteiger charge is 2.27. The second kappa shape index (κ2) is 6.40. The van der Waals surface area contributed by atoms with Crippen molar-refractivity contribution in [2.24, 2.45) is 5.92 Å². The summed E-state index contributed by atoms with van der Waals surface area (Å²) in [7, 11) is 0. The third-order valence-corrected chi connectivity index (χ3v) is 5.13. The average Bonchev–Trinajstić information content (AvgIpc) is 3.18. The lowest BCUT2D eigenvalue weighted by Crippen LogP contribution is -2.41. The molecular formula is C18H24N2O3. The number of rotatable bonds is 4. The van der Waals surface area contributed by atoms with E-state index in [1.807, 2.05) is 12.1 Å². The summed E-state index contributed by atoms with van der Waals surface area (Å²) in [5.74, 6) is 2.70. The molecule has 0 spiro atoms. The highest BCUT2D eigenvalue weighted by Crippen LogP contribution is 2.36. The zero-order chi connectivity index (χ0) is 15.6. The molecule has 124 valence electrons. The van der Waals surface area contributed by atoms with Gasteiger partial charge >= 0.3 is 0 Å². The number of likely N-dealkylation sites (tertiary alicyclic amines) is 2. The molecule has 5 nitrogen and oxygen atoms in total. The van der Waals surface area contributed by atoms with Gasteiger partial charge in [-0.1, -0.05) is 12.1 Å². The third-order valence-electron chi connectivity index (χ3n) is 5.13. The molecule has 0 unspecified atom stereocenters. The third kappa shape index (κ3) is 3.15. The van der Waals surface area contributed by atoms with Crippen LogP contribution in [0.3, 0.4) is 0 Å². The standard InChI is InChI=1S/C18H24N2O3/c21-17-7-3-9-20(17)11-14-4-2-8-19(10-14)12-15-5-1-6-16-18(15)23-13-22-16/h1,5-6,14H,2-4,7-13H2/t14-/m1/s1. The Morgan fingerprint density at radius 3 is 3.00 bits per heavy atom. The van der Waals surface area contributed by atoms with Crippen LogP contribution >= 0.6 is 0 Å². The zero-order valence-corrected chi connectivity index (χ0v) is 13.5. The predicted molar refractivity (Wildman–Crippen MR) is 86.4 cm³/mol. The Morgan fingerprint density at radius 2 is 2.13 bits per heavy atom. The number of nitrogens with zero attached hydrogens (tertiary/aromatic N) is 2. The molecule has 1 aromatic rings. The van der Waals surface area contributed by atoms with E-state index in [0.29, 0.717) is 18.6 Å². The molecule has 0 N–H and O–H groups in total. The monoisotopic (exact) mass is 316 g/mol. The van der Waals surface area contributed by atoms with Gasteiger partial charge in [0.25, 0.3) is 0 Å². The minimum atomic E-state index is 0.325. The molecule has 2 saturated heterocycles. The first-order valence-corrected chi connectivity index (χ1v) is 8.67. The summed E-state index contributed by atoms with van der Waals surface area (Å²) in [6, 6.07) is 6.12. The van der Waals surface area contributed by atoms with E-state index < -0.39 is 0 Å². The van der Waals surface area contributed by atoms with Gasteiger partial charge in [-0.2, -0.15) is 0 Å². The van der Waals surface area contributed by atoms with Gasteiger partial charge in [0.1, 0.15) is 0 Å². The van der Waals surface area contributed by atoms with Crippen molar-refractivity contribution in [2.45, 2.75) is 32.2 Å². The highest BCUT2D eigenvalue weighted by molar-refractivity contribution is 5.78. The lowest BCUT2D eigenvalue weighted by Gasteiger charge is -2.34. The van der Waals surface area contributed by atoms with E-state index in [0.717, 1.165) is 57.1 Å². The van der Waals surface area contributed by atoms with Crippen LogP contribution in [0.1, 0.15) is 31.2 Å². The highest BCUT2D eigenvalue weighted by atomic mass is 16.7. The Hall–Kier alpha value is -1.75. The van der Waals surface area contributed by atoms with Gasteiger partial charge in [0, 0.05) is 38.2 Å². The Morgan fingerprint density at radius 1 is 1.17 bits per heavy atom. The molecule has 5 heteroatoms. The number of fused-ring (bicyclic) bond motifs is 1. The van der Waals surface area contributed by atoms with Crippen LogP contribution in [0.25, 0.3) is 0 Å². The summed E-state index contributed by atoms with van der Waals surface area (Å²) in [5, 5.41) is 0. The van der Waals surface area contributed by atoms with E-state index >= 15 is 0 Å². The maximum absolute atomic E-state index is 11.8. The van der Waals surface area contributed by atoms with Crippen LogP contribution in [0, 0.1) is 5.92 Å². The van der Waals surface area contributed by atoms with Crippen LogP contribution in [-0.2, 0) is 11.3 Å². The molecule has 3 aliphatic heterocycles. The molecule has 23 heavy (non-hydrogen) atoms. The number of carbonyl (C=O) groups is 1. The average molecular weight is 316 g/mol. The normalized spacial score (nSPS) is 24.4. The molecule has 1 aromatic carbocycles. The van der Waals surface area contributed by atoms with Gasteiger partial charge in [0.15, 0.2) is 11.5 Å². The Labute approximate surface area is 137 Å². The van der Waals surface area contributed by atoms with Crippen LogP contribution in [0.4, 0.5) is 0 Å². The van der Waals surface area contributed by atoms with E-state index in [2.05, 4.69) is 15.9 Å². The van der Waals surface area contributed by atoms with Crippen LogP contribution < -0.4 is 9.47 Å². The smallest absolute Gasteiger partial charge is 0.231 e. The van der Waals surface area contributed by atoms with Crippen molar-refractivity contribution in [3.05, 3.63) is 23.8 Å². The van der Waals surface area contributed by atoms with Crippen molar-refractivity contribution < 1.29 is 14.3 Å². The first kappa shape index (κ1) is 14.8. The molecule has 4 rings (SSSR count). The summed E-state index contributed by atoms with van der Waals surface area (Å²) >= 11 is 0. The van der Waals surface area contributed by atoms with Crippen molar-refractivity contribution in [1.82, 2.24) is 9.80 Å². The minimum Gasteiger partial charge on any atom is -0.454 e. The predicted octanol–water partition coefficient (Wildman–Crippen LogP) is 2.25. The van der Waals surface area contributed by atoms with Crippen molar-refractivity contribution in [1.29, 1.82) is 0 Å². The SMILES string of the molecule is O=C1CCCN1C[C@@H]1CCCN(Cc2cccc3c2OCO3)C1. The largest absolute Gasteiger partial charge is 0.454 e. The number of hydrogen-bond acceptors (Lipinski definition) is 4. The Kier molecular flexibility index (Phi) is 4.12. The quantitative estimate of drug-likeness (QED) is 0.854. The molecule has 0 aliphatic carbocycles. The summed E-state index contributed by atoms with van der Waals surface area (Å²) in [6.07, 6.45) is 4.21. The Balaban J connectivity index is 1.38. The summed E-state index contributed by atoms with van der Waals surface area (Å²) in [5.41, 5.74) is 1.21. The number of ether oxygens (including phenoxy) is 2. The summed E-state index contributed by atoms with van der Waals surface area (Å²) < 4.78 is 11.1. The van der Waals surface area contributed by atoms with Crippen LogP contribution in [-0.4, -0.2) is 48.7 Å². The fourth-order valence-electron chi connectivity index (χ4n) is 4.01. The molecule has 1 amide bonds. The van der Waals surface area contributed by atoms with E-state index in [1.54, 1.807) is 0 Å². The van der Waals surface area contributed by atoms with Gasteiger partial charge in [0.05, 0.1) is 0 Å². The van der Waals surface area contributed by atoms with Gasteiger partial charge in [0.2, 0.25) is 12.7 Å². The van der Waals surface area contributed by atoms with Gasteiger partial charge in [-0.3, -0.25) is 9.69 Å². The summed E-state index contributed by atoms with van der Waals surface area (Å²) in [6.45, 7) is 5.29. The first-order chi connectivity index (χ1) is 11.3. The van der Waals surface area contributed by atoms with E-state index in [1.165, 1.54) is 18.4 Å². The molecule has 0 saturated carbocycles. The number of benzene rings is 1. The van der Waals surface area contributed by atoms with Gasteiger partial charge in [-0.05, 0) is 37.8 Å². The van der Waals surface area contributed by atoms with Crippen LogP contribution in [0.15, 0.2) is 18.2 Å². The fourth-order valence-corrected chi connectivity index (χ4v) is 4.01. The second-order valence-electron chi connectivity index (χ2n) is 6.84. The molecule has 0 aromatic heterocycles. The number of amides is 1. The minimum absolute atomic E-state index is 0.325. The molecular weight excluding hydrogens is 292 g/mol. The molecule has 1 atom stereocenters. The maximum atomic E-state index is 11.8. The molecule has 3 aliphatic rings. The van der Waals surface area contributed by atoms with Gasteiger partial charge < -0.3 is 14.4 Å². The Bertz CT molecular complexity index is 590. The maximum Gasteiger partial charge on any atom is 0.231 e. The number of carbonyl (C=O) groups excluding carboxylic acids is 1. The number of hydrogen-bond donors (Lipinski definition) is 0. The van der Waals surface area contributed by atoms with Gasteiger partial charge in [-0.15, -0.1) is 0 Å². The van der Waals surface area contributed by atoms with E-state index in [4.69, 9.17) is 9.47 Å². The fraction of sp³-hybridized carbons (Fsp3) is 0.611. The topological polar surface area (TPSA) is 42.0 Å². The zero-order valence-electron chi connectivity index (χ0n) is 13.5. The number of para-hydroxylation sites is 1. The van der Waals surface area contributed by atoms with Crippen molar-refractivity contribution in [3.63, 3.8) is 0 Å². The molecule has 2 fully saturated rings. The lowest BCUT2D eigenvalue weighted by atomic mass is 9.97. The van der Waals surface area contributed by atoms with Crippen molar-refractivity contribution in [2.75, 3.05) is 33.0 Å². The summed E-state index contributed by atoms with van der Waals surface area (Å²) in [4.78, 5) is 16.4.